The van der Waals surface area contributed by atoms with Crippen molar-refractivity contribution >= 4 is 22.4 Å². The molecule has 0 unspecified atom stereocenters. The molecule has 6 heteroatoms. The lowest BCUT2D eigenvalue weighted by Gasteiger charge is -2.28. The van der Waals surface area contributed by atoms with Crippen molar-refractivity contribution in [1.29, 1.82) is 0 Å². The molecule has 20 heavy (non-hydrogen) atoms. The largest absolute Gasteiger partial charge is 0.465 e. The van der Waals surface area contributed by atoms with Crippen LogP contribution in [0.5, 0.6) is 0 Å². The molecule has 0 N–H and O–H groups in total. The number of hydrogen-bond donors (Lipinski definition) is 0. The predicted molar refractivity (Wildman–Crippen MR) is 81.2 cm³/mol. The van der Waals surface area contributed by atoms with E-state index in [1.807, 2.05) is 25.4 Å². The molecule has 0 bridgehead atoms. The Bertz CT molecular complexity index is 411. The number of nitrogens with zero attached hydrogens (tertiary/aromatic N) is 3. The van der Waals surface area contributed by atoms with Crippen LogP contribution >= 0.6 is 11.3 Å². The number of anilines is 1. The first kappa shape index (κ1) is 15.3. The fraction of sp³-hybridized carbons (Fsp3) is 0.714. The summed E-state index contributed by atoms with van der Waals surface area (Å²) in [6.45, 7) is 8.11. The summed E-state index contributed by atoms with van der Waals surface area (Å²) < 4.78 is 5.18. The molecule has 1 atom stereocenters. The lowest BCUT2D eigenvalue weighted by Crippen LogP contribution is -2.43. The van der Waals surface area contributed by atoms with Crippen molar-refractivity contribution in [2.45, 2.75) is 32.7 Å². The minimum Gasteiger partial charge on any atom is -0.465 e. The standard InChI is InChI=1S/C14H23N3O2S/c1-3-12(13(18)19-4-2)16-7-5-8-17(10-9-16)14-15-6-11-20-14/h6,11-12H,3-5,7-10H2,1-2H3/t12-/m0/s1. The summed E-state index contributed by atoms with van der Waals surface area (Å²) >= 11 is 1.67. The second-order valence-electron chi connectivity index (χ2n) is 4.87. The van der Waals surface area contributed by atoms with Crippen LogP contribution in [0.2, 0.25) is 0 Å². The fourth-order valence-electron chi connectivity index (χ4n) is 2.62. The van der Waals surface area contributed by atoms with Crippen molar-refractivity contribution < 1.29 is 9.53 Å². The summed E-state index contributed by atoms with van der Waals surface area (Å²) in [5.41, 5.74) is 0. The van der Waals surface area contributed by atoms with Crippen LogP contribution in [0, 0.1) is 0 Å². The van der Waals surface area contributed by atoms with Gasteiger partial charge < -0.3 is 9.64 Å². The Labute approximate surface area is 124 Å². The van der Waals surface area contributed by atoms with E-state index >= 15 is 0 Å². The molecule has 2 rings (SSSR count). The zero-order valence-corrected chi connectivity index (χ0v) is 13.1. The average molecular weight is 297 g/mol. The minimum absolute atomic E-state index is 0.0855. The highest BCUT2D eigenvalue weighted by atomic mass is 32.1. The van der Waals surface area contributed by atoms with Crippen LogP contribution in [0.1, 0.15) is 26.7 Å². The number of esters is 1. The SMILES string of the molecule is CCOC(=O)[C@H](CC)N1CCCN(c2nccs2)CC1. The summed E-state index contributed by atoms with van der Waals surface area (Å²) in [5.74, 6) is -0.0855. The highest BCUT2D eigenvalue weighted by molar-refractivity contribution is 7.13. The molecule has 1 aliphatic rings. The van der Waals surface area contributed by atoms with Gasteiger partial charge in [0.2, 0.25) is 0 Å². The lowest BCUT2D eigenvalue weighted by molar-refractivity contribution is -0.149. The number of aromatic nitrogens is 1. The van der Waals surface area contributed by atoms with E-state index in [1.54, 1.807) is 11.3 Å². The Balaban J connectivity index is 1.95. The van der Waals surface area contributed by atoms with Crippen LogP contribution in [0.4, 0.5) is 5.13 Å². The molecule has 0 spiro atoms. The first-order chi connectivity index (χ1) is 9.76. The van der Waals surface area contributed by atoms with E-state index in [0.717, 1.165) is 44.2 Å². The van der Waals surface area contributed by atoms with Gasteiger partial charge in [-0.3, -0.25) is 9.69 Å². The summed E-state index contributed by atoms with van der Waals surface area (Å²) in [6, 6.07) is -0.105. The molecular formula is C14H23N3O2S. The molecule has 0 aliphatic carbocycles. The molecule has 0 aromatic carbocycles. The normalized spacial score (nSPS) is 18.6. The maximum atomic E-state index is 12.0. The van der Waals surface area contributed by atoms with E-state index in [1.165, 1.54) is 0 Å². The molecule has 0 radical (unpaired) electrons. The Morgan fingerprint density at radius 2 is 2.25 bits per heavy atom. The Morgan fingerprint density at radius 1 is 1.40 bits per heavy atom. The van der Waals surface area contributed by atoms with Gasteiger partial charge >= 0.3 is 5.97 Å². The third kappa shape index (κ3) is 3.70. The highest BCUT2D eigenvalue weighted by Gasteiger charge is 2.27. The van der Waals surface area contributed by atoms with Gasteiger partial charge in [-0.1, -0.05) is 6.92 Å². The maximum absolute atomic E-state index is 12.0. The third-order valence-electron chi connectivity index (χ3n) is 3.61. The predicted octanol–water partition coefficient (Wildman–Crippen LogP) is 2.00. The van der Waals surface area contributed by atoms with E-state index in [4.69, 9.17) is 4.74 Å². The molecule has 0 amide bonds. The molecular weight excluding hydrogens is 274 g/mol. The lowest BCUT2D eigenvalue weighted by atomic mass is 10.2. The first-order valence-corrected chi connectivity index (χ1v) is 8.19. The van der Waals surface area contributed by atoms with E-state index < -0.39 is 0 Å². The van der Waals surface area contributed by atoms with Crippen molar-refractivity contribution in [2.75, 3.05) is 37.7 Å². The Kier molecular flexibility index (Phi) is 5.79. The Hall–Kier alpha value is -1.14. The minimum atomic E-state index is -0.105. The second-order valence-corrected chi connectivity index (χ2v) is 5.74. The van der Waals surface area contributed by atoms with Crippen LogP contribution in [0.25, 0.3) is 0 Å². The van der Waals surface area contributed by atoms with E-state index in [0.29, 0.717) is 6.61 Å². The molecule has 1 saturated heterocycles. The van der Waals surface area contributed by atoms with Gasteiger partial charge in [0.25, 0.3) is 0 Å². The van der Waals surface area contributed by atoms with E-state index in [9.17, 15) is 4.79 Å². The maximum Gasteiger partial charge on any atom is 0.323 e. The summed E-state index contributed by atoms with van der Waals surface area (Å²) in [6.07, 6.45) is 3.70. The molecule has 112 valence electrons. The smallest absolute Gasteiger partial charge is 0.323 e. The van der Waals surface area contributed by atoms with Crippen molar-refractivity contribution in [3.05, 3.63) is 11.6 Å². The average Bonchev–Trinajstić information content (AvgIpc) is 2.87. The summed E-state index contributed by atoms with van der Waals surface area (Å²) in [4.78, 5) is 20.9. The second kappa shape index (κ2) is 7.59. The first-order valence-electron chi connectivity index (χ1n) is 7.31. The molecule has 1 fully saturated rings. The quantitative estimate of drug-likeness (QED) is 0.778. The topological polar surface area (TPSA) is 45.7 Å². The number of carbonyl (C=O) groups excluding carboxylic acids is 1. The van der Waals surface area contributed by atoms with Crippen molar-refractivity contribution in [3.8, 4) is 0 Å². The molecule has 1 aromatic heterocycles. The zero-order chi connectivity index (χ0) is 14.4. The van der Waals surface area contributed by atoms with Crippen molar-refractivity contribution in [2.24, 2.45) is 0 Å². The van der Waals surface area contributed by atoms with Gasteiger partial charge in [-0.2, -0.15) is 0 Å². The van der Waals surface area contributed by atoms with Crippen LogP contribution in [-0.4, -0.2) is 54.7 Å². The van der Waals surface area contributed by atoms with Crippen molar-refractivity contribution in [1.82, 2.24) is 9.88 Å². The van der Waals surface area contributed by atoms with E-state index in [2.05, 4.69) is 14.8 Å². The van der Waals surface area contributed by atoms with Gasteiger partial charge in [-0.25, -0.2) is 4.98 Å². The third-order valence-corrected chi connectivity index (χ3v) is 4.44. The number of hydrogen-bond acceptors (Lipinski definition) is 6. The van der Waals surface area contributed by atoms with Gasteiger partial charge in [0.05, 0.1) is 6.61 Å². The van der Waals surface area contributed by atoms with Crippen LogP contribution < -0.4 is 4.90 Å². The van der Waals surface area contributed by atoms with Crippen LogP contribution in [-0.2, 0) is 9.53 Å². The monoisotopic (exact) mass is 297 g/mol. The number of carbonyl (C=O) groups is 1. The molecule has 1 aromatic rings. The van der Waals surface area contributed by atoms with E-state index in [-0.39, 0.29) is 12.0 Å². The Morgan fingerprint density at radius 3 is 2.90 bits per heavy atom. The van der Waals surface area contributed by atoms with Crippen LogP contribution in [0.15, 0.2) is 11.6 Å². The number of thiazole rings is 1. The zero-order valence-electron chi connectivity index (χ0n) is 12.2. The van der Waals surface area contributed by atoms with Crippen LogP contribution in [0.3, 0.4) is 0 Å². The van der Waals surface area contributed by atoms with Gasteiger partial charge in [-0.05, 0) is 19.8 Å². The molecule has 0 saturated carbocycles. The molecule has 2 heterocycles. The summed E-state index contributed by atoms with van der Waals surface area (Å²) in [7, 11) is 0. The van der Waals surface area contributed by atoms with Gasteiger partial charge in [0, 0.05) is 37.8 Å². The van der Waals surface area contributed by atoms with Gasteiger partial charge in [0.1, 0.15) is 6.04 Å². The van der Waals surface area contributed by atoms with Gasteiger partial charge in [-0.15, -0.1) is 11.3 Å². The van der Waals surface area contributed by atoms with Gasteiger partial charge in [0.15, 0.2) is 5.13 Å². The number of rotatable bonds is 5. The molecule has 1 aliphatic heterocycles. The molecule has 5 nitrogen and oxygen atoms in total. The highest BCUT2D eigenvalue weighted by Crippen LogP contribution is 2.20. The van der Waals surface area contributed by atoms with Crippen molar-refractivity contribution in [3.63, 3.8) is 0 Å². The fourth-order valence-corrected chi connectivity index (χ4v) is 3.32. The number of ether oxygens (including phenoxy) is 1. The summed E-state index contributed by atoms with van der Waals surface area (Å²) in [5, 5.41) is 3.09.